The van der Waals surface area contributed by atoms with Crippen LogP contribution in [0.25, 0.3) is 71.2 Å². The topological polar surface area (TPSA) is 9.86 Å². The van der Waals surface area contributed by atoms with Crippen LogP contribution in [0.15, 0.2) is 139 Å². The molecule has 0 spiro atoms. The molecule has 0 aliphatic heterocycles. The molecule has 0 aliphatic rings. The Morgan fingerprint density at radius 1 is 0.512 bits per heavy atom. The molecule has 6 aromatic carbocycles. The van der Waals surface area contributed by atoms with Crippen molar-refractivity contribution in [3.8, 4) is 16.8 Å². The molecule has 0 N–H and O–H groups in total. The summed E-state index contributed by atoms with van der Waals surface area (Å²) >= 11 is 0. The van der Waals surface area contributed by atoms with Crippen molar-refractivity contribution in [3.05, 3.63) is 139 Å². The van der Waals surface area contributed by atoms with Crippen molar-refractivity contribution in [3.63, 3.8) is 0 Å². The van der Waals surface area contributed by atoms with Crippen LogP contribution in [0.4, 0.5) is 0 Å². The maximum absolute atomic E-state index is 2.43. The number of para-hydroxylation sites is 2. The Labute approximate surface area is 239 Å². The highest BCUT2D eigenvalue weighted by atomic mass is 15.0. The van der Waals surface area contributed by atoms with Gasteiger partial charge in [0.25, 0.3) is 0 Å². The van der Waals surface area contributed by atoms with Crippen LogP contribution < -0.4 is 0 Å². The fourth-order valence-electron chi connectivity index (χ4n) is 6.45. The molecule has 0 aliphatic carbocycles. The highest BCUT2D eigenvalue weighted by Gasteiger charge is 2.15. The van der Waals surface area contributed by atoms with Gasteiger partial charge in [-0.1, -0.05) is 90.5 Å². The minimum Gasteiger partial charge on any atom is -0.337 e. The molecule has 2 heteroatoms. The summed E-state index contributed by atoms with van der Waals surface area (Å²) < 4.78 is 4.84. The van der Waals surface area contributed by atoms with Crippen molar-refractivity contribution in [2.45, 2.75) is 20.4 Å². The third kappa shape index (κ3) is 3.79. The molecule has 2 nitrogen and oxygen atoms in total. The Balaban J connectivity index is 1.32. The lowest BCUT2D eigenvalue weighted by molar-refractivity contribution is 0.890. The van der Waals surface area contributed by atoms with Crippen molar-refractivity contribution in [1.82, 2.24) is 9.13 Å². The van der Waals surface area contributed by atoms with Gasteiger partial charge >= 0.3 is 0 Å². The van der Waals surface area contributed by atoms with Crippen LogP contribution in [-0.2, 0) is 6.54 Å². The third-order valence-electron chi connectivity index (χ3n) is 8.45. The van der Waals surface area contributed by atoms with Gasteiger partial charge in [0.15, 0.2) is 0 Å². The lowest BCUT2D eigenvalue weighted by atomic mass is 10.0. The average Bonchev–Trinajstić information content (AvgIpc) is 3.51. The molecule has 0 bridgehead atoms. The molecule has 0 fully saturated rings. The van der Waals surface area contributed by atoms with E-state index >= 15 is 0 Å². The van der Waals surface area contributed by atoms with Gasteiger partial charge in [0.1, 0.15) is 0 Å². The van der Waals surface area contributed by atoms with Gasteiger partial charge in [-0.3, -0.25) is 0 Å². The molecule has 0 saturated heterocycles. The molecular formula is C39H30N2. The number of hydrogen-bond donors (Lipinski definition) is 0. The average molecular weight is 527 g/mol. The van der Waals surface area contributed by atoms with Crippen LogP contribution >= 0.6 is 0 Å². The fraction of sp³-hybridized carbons (Fsp3) is 0.0769. The quantitative estimate of drug-likeness (QED) is 0.202. The molecule has 0 amide bonds. The Morgan fingerprint density at radius 3 is 1.83 bits per heavy atom. The van der Waals surface area contributed by atoms with Crippen molar-refractivity contribution in [1.29, 1.82) is 0 Å². The van der Waals surface area contributed by atoms with E-state index in [0.717, 1.165) is 6.54 Å². The summed E-state index contributed by atoms with van der Waals surface area (Å²) in [5.74, 6) is 0. The summed E-state index contributed by atoms with van der Waals surface area (Å²) in [7, 11) is 0. The molecule has 2 aromatic heterocycles. The van der Waals surface area contributed by atoms with Crippen LogP contribution in [0.1, 0.15) is 13.8 Å². The number of aromatic nitrogens is 2. The van der Waals surface area contributed by atoms with E-state index in [4.69, 9.17) is 0 Å². The van der Waals surface area contributed by atoms with E-state index in [9.17, 15) is 0 Å². The van der Waals surface area contributed by atoms with Crippen molar-refractivity contribution >= 4 is 54.4 Å². The molecule has 0 saturated carbocycles. The predicted molar refractivity (Wildman–Crippen MR) is 176 cm³/mol. The third-order valence-corrected chi connectivity index (χ3v) is 8.45. The first-order valence-electron chi connectivity index (χ1n) is 14.3. The zero-order valence-corrected chi connectivity index (χ0v) is 23.3. The number of nitrogens with zero attached hydrogens (tertiary/aromatic N) is 2. The Morgan fingerprint density at radius 2 is 1.07 bits per heavy atom. The van der Waals surface area contributed by atoms with E-state index in [0.29, 0.717) is 0 Å². The van der Waals surface area contributed by atoms with E-state index in [-0.39, 0.29) is 0 Å². The van der Waals surface area contributed by atoms with E-state index in [2.05, 4.69) is 156 Å². The second kappa shape index (κ2) is 9.25. The first-order valence-corrected chi connectivity index (χ1v) is 14.3. The van der Waals surface area contributed by atoms with E-state index in [1.54, 1.807) is 0 Å². The molecule has 2 heterocycles. The summed E-state index contributed by atoms with van der Waals surface area (Å²) in [5.41, 5.74) is 10.0. The second-order valence-electron chi connectivity index (χ2n) is 11.3. The van der Waals surface area contributed by atoms with Gasteiger partial charge in [0.2, 0.25) is 0 Å². The van der Waals surface area contributed by atoms with Crippen LogP contribution in [-0.4, -0.2) is 9.13 Å². The van der Waals surface area contributed by atoms with Gasteiger partial charge in [-0.15, -0.1) is 0 Å². The van der Waals surface area contributed by atoms with E-state index < -0.39 is 0 Å². The Kier molecular flexibility index (Phi) is 5.36. The number of hydrogen-bond acceptors (Lipinski definition) is 0. The summed E-state index contributed by atoms with van der Waals surface area (Å²) in [6.07, 6.45) is 2.30. The van der Waals surface area contributed by atoms with E-state index in [1.165, 1.54) is 76.8 Å². The van der Waals surface area contributed by atoms with Gasteiger partial charge in [-0.2, -0.15) is 0 Å². The highest BCUT2D eigenvalue weighted by molar-refractivity contribution is 6.12. The first-order chi connectivity index (χ1) is 20.2. The SMILES string of the molecule is CC(C)=CCn1c2ccccc2c2cc(-c3ccc4c(c3)c3ccccc3n4-c3ccc4ccccc4c3)ccc21. The molecule has 8 rings (SSSR count). The predicted octanol–water partition coefficient (Wildman–Crippen LogP) is 10.7. The molecule has 0 unspecified atom stereocenters. The van der Waals surface area contributed by atoms with Crippen molar-refractivity contribution < 1.29 is 0 Å². The van der Waals surface area contributed by atoms with Crippen LogP contribution in [0.5, 0.6) is 0 Å². The number of fused-ring (bicyclic) bond motifs is 7. The Hall–Kier alpha value is -5.08. The summed E-state index contributed by atoms with van der Waals surface area (Å²) in [6, 6.07) is 46.8. The largest absolute Gasteiger partial charge is 0.337 e. The molecule has 41 heavy (non-hydrogen) atoms. The number of rotatable bonds is 4. The second-order valence-corrected chi connectivity index (χ2v) is 11.3. The molecule has 8 aromatic rings. The standard InChI is InChI=1S/C39H30N2/c1-26(2)21-22-40-36-13-7-5-11-32(36)34-24-29(16-19-37(34)40)30-17-20-39-35(25-30)33-12-6-8-14-38(33)41(39)31-18-15-27-9-3-4-10-28(27)23-31/h3-21,23-25H,22H2,1-2H3. The van der Waals surface area contributed by atoms with Crippen LogP contribution in [0.2, 0.25) is 0 Å². The van der Waals surface area contributed by atoms with Crippen LogP contribution in [0.3, 0.4) is 0 Å². The smallest absolute Gasteiger partial charge is 0.0541 e. The maximum Gasteiger partial charge on any atom is 0.0541 e. The summed E-state index contributed by atoms with van der Waals surface area (Å²) in [5, 5.41) is 7.68. The number of allylic oxidation sites excluding steroid dienone is 2. The van der Waals surface area contributed by atoms with Crippen LogP contribution in [0, 0.1) is 0 Å². The summed E-state index contributed by atoms with van der Waals surface area (Å²) in [4.78, 5) is 0. The fourth-order valence-corrected chi connectivity index (χ4v) is 6.45. The van der Waals surface area contributed by atoms with Gasteiger partial charge in [0, 0.05) is 44.8 Å². The first kappa shape index (κ1) is 23.8. The monoisotopic (exact) mass is 526 g/mol. The zero-order valence-electron chi connectivity index (χ0n) is 23.3. The molecular weight excluding hydrogens is 496 g/mol. The molecule has 0 radical (unpaired) electrons. The zero-order chi connectivity index (χ0) is 27.5. The van der Waals surface area contributed by atoms with Gasteiger partial charge in [-0.05, 0) is 84.3 Å². The Bertz CT molecular complexity index is 2300. The van der Waals surface area contributed by atoms with Gasteiger partial charge in [0.05, 0.1) is 11.0 Å². The minimum absolute atomic E-state index is 0.881. The minimum atomic E-state index is 0.881. The van der Waals surface area contributed by atoms with Gasteiger partial charge in [-0.25, -0.2) is 0 Å². The van der Waals surface area contributed by atoms with E-state index in [1.807, 2.05) is 0 Å². The maximum atomic E-state index is 2.43. The normalized spacial score (nSPS) is 11.8. The van der Waals surface area contributed by atoms with Crippen molar-refractivity contribution in [2.24, 2.45) is 0 Å². The molecule has 0 atom stereocenters. The number of benzene rings is 6. The lowest BCUT2D eigenvalue weighted by Gasteiger charge is -2.10. The lowest BCUT2D eigenvalue weighted by Crippen LogP contribution is -1.95. The van der Waals surface area contributed by atoms with Crippen molar-refractivity contribution in [2.75, 3.05) is 0 Å². The van der Waals surface area contributed by atoms with Gasteiger partial charge < -0.3 is 9.13 Å². The highest BCUT2D eigenvalue weighted by Crippen LogP contribution is 2.37. The molecule has 196 valence electrons. The summed E-state index contributed by atoms with van der Waals surface area (Å²) in [6.45, 7) is 5.21.